The molecule has 3 rings (SSSR count). The molecule has 1 aliphatic carbocycles. The number of hydrogen-bond acceptors (Lipinski definition) is 2. The maximum Gasteiger partial charge on any atom is 0.306 e. The lowest BCUT2D eigenvalue weighted by atomic mass is 9.79. The lowest BCUT2D eigenvalue weighted by Gasteiger charge is -2.43. The molecule has 1 heterocycles. The van der Waals surface area contributed by atoms with Crippen molar-refractivity contribution in [3.05, 3.63) is 35.1 Å². The quantitative estimate of drug-likeness (QED) is 0.900. The van der Waals surface area contributed by atoms with Gasteiger partial charge in [-0.2, -0.15) is 0 Å². The highest BCUT2D eigenvalue weighted by molar-refractivity contribution is 5.81. The standard InChI is InChI=1S/C19H24FNO3/c1-11-8-15-10-16(20)6-7-17(15)12(2)21(11)18(22)13-4-3-5-14(9-13)19(23)24/h6-7,10-14H,3-5,8-9H2,1-2H3,(H,23,24). The predicted molar refractivity (Wildman–Crippen MR) is 87.9 cm³/mol. The minimum atomic E-state index is -0.798. The van der Waals surface area contributed by atoms with E-state index in [0.29, 0.717) is 19.3 Å². The molecule has 0 radical (unpaired) electrons. The van der Waals surface area contributed by atoms with E-state index in [9.17, 15) is 19.1 Å². The van der Waals surface area contributed by atoms with Crippen LogP contribution in [0.2, 0.25) is 0 Å². The number of amides is 1. The van der Waals surface area contributed by atoms with E-state index in [2.05, 4.69) is 0 Å². The SMILES string of the molecule is CC1Cc2cc(F)ccc2C(C)N1C(=O)C1CCCC(C(=O)O)C1. The second-order valence-corrected chi connectivity index (χ2v) is 7.22. The third-order valence-corrected chi connectivity index (χ3v) is 5.59. The molecule has 0 spiro atoms. The van der Waals surface area contributed by atoms with Gasteiger partial charge in [-0.3, -0.25) is 9.59 Å². The summed E-state index contributed by atoms with van der Waals surface area (Å²) in [6.07, 6.45) is 3.27. The molecule has 1 amide bonds. The largest absolute Gasteiger partial charge is 0.481 e. The topological polar surface area (TPSA) is 57.6 Å². The van der Waals surface area contributed by atoms with E-state index in [1.54, 1.807) is 12.1 Å². The minimum Gasteiger partial charge on any atom is -0.481 e. The number of carbonyl (C=O) groups is 2. The first-order chi connectivity index (χ1) is 11.4. The summed E-state index contributed by atoms with van der Waals surface area (Å²) in [4.78, 5) is 26.2. The Hall–Kier alpha value is -1.91. The van der Waals surface area contributed by atoms with Gasteiger partial charge in [-0.1, -0.05) is 12.5 Å². The zero-order chi connectivity index (χ0) is 17.4. The Morgan fingerprint density at radius 1 is 1.21 bits per heavy atom. The molecule has 1 aromatic rings. The number of fused-ring (bicyclic) bond motifs is 1. The summed E-state index contributed by atoms with van der Waals surface area (Å²) < 4.78 is 13.5. The molecule has 2 aliphatic rings. The van der Waals surface area contributed by atoms with Gasteiger partial charge in [0.05, 0.1) is 12.0 Å². The fourth-order valence-corrected chi connectivity index (χ4v) is 4.36. The minimum absolute atomic E-state index is 0.00740. The number of carboxylic acids is 1. The van der Waals surface area contributed by atoms with E-state index in [1.807, 2.05) is 18.7 Å². The zero-order valence-electron chi connectivity index (χ0n) is 14.2. The lowest BCUT2D eigenvalue weighted by molar-refractivity contribution is -0.147. The fourth-order valence-electron chi connectivity index (χ4n) is 4.36. The van der Waals surface area contributed by atoms with Gasteiger partial charge < -0.3 is 10.0 Å². The average molecular weight is 333 g/mol. The summed E-state index contributed by atoms with van der Waals surface area (Å²) in [6, 6.07) is 4.65. The van der Waals surface area contributed by atoms with E-state index in [0.717, 1.165) is 24.0 Å². The highest BCUT2D eigenvalue weighted by Crippen LogP contribution is 2.37. The first kappa shape index (κ1) is 16.9. The van der Waals surface area contributed by atoms with Gasteiger partial charge in [-0.25, -0.2) is 4.39 Å². The number of aliphatic carboxylic acids is 1. The molecule has 1 saturated carbocycles. The Kier molecular flexibility index (Phi) is 4.61. The molecule has 5 heteroatoms. The molecular weight excluding hydrogens is 309 g/mol. The maximum absolute atomic E-state index is 13.5. The van der Waals surface area contributed by atoms with Crippen LogP contribution in [0.4, 0.5) is 4.39 Å². The smallest absolute Gasteiger partial charge is 0.306 e. The van der Waals surface area contributed by atoms with Crippen molar-refractivity contribution in [2.75, 3.05) is 0 Å². The molecule has 4 atom stereocenters. The lowest BCUT2D eigenvalue weighted by Crippen LogP contribution is -2.48. The second kappa shape index (κ2) is 6.54. The Bertz CT molecular complexity index is 660. The predicted octanol–water partition coefficient (Wildman–Crippen LogP) is 3.55. The molecular formula is C19H24FNO3. The van der Waals surface area contributed by atoms with Gasteiger partial charge in [0, 0.05) is 12.0 Å². The third kappa shape index (κ3) is 3.04. The Balaban J connectivity index is 1.82. The van der Waals surface area contributed by atoms with Gasteiger partial charge in [0.15, 0.2) is 0 Å². The first-order valence-electron chi connectivity index (χ1n) is 8.71. The summed E-state index contributed by atoms with van der Waals surface area (Å²) in [5, 5.41) is 9.25. The summed E-state index contributed by atoms with van der Waals surface area (Å²) in [5.74, 6) is -1.62. The van der Waals surface area contributed by atoms with Crippen molar-refractivity contribution in [2.45, 2.75) is 58.0 Å². The van der Waals surface area contributed by atoms with Crippen molar-refractivity contribution in [3.63, 3.8) is 0 Å². The van der Waals surface area contributed by atoms with Crippen LogP contribution in [0, 0.1) is 17.7 Å². The monoisotopic (exact) mass is 333 g/mol. The number of rotatable bonds is 2. The number of nitrogens with zero attached hydrogens (tertiary/aromatic N) is 1. The van der Waals surface area contributed by atoms with E-state index in [-0.39, 0.29) is 29.7 Å². The van der Waals surface area contributed by atoms with E-state index >= 15 is 0 Å². The number of hydrogen-bond donors (Lipinski definition) is 1. The summed E-state index contributed by atoms with van der Waals surface area (Å²) in [6.45, 7) is 3.96. The Labute approximate surface area is 141 Å². The highest BCUT2D eigenvalue weighted by Gasteiger charge is 2.39. The summed E-state index contributed by atoms with van der Waals surface area (Å²) >= 11 is 0. The number of carboxylic acid groups (broad SMARTS) is 1. The molecule has 24 heavy (non-hydrogen) atoms. The molecule has 1 N–H and O–H groups in total. The molecule has 0 saturated heterocycles. The van der Waals surface area contributed by atoms with Crippen LogP contribution < -0.4 is 0 Å². The number of benzene rings is 1. The van der Waals surface area contributed by atoms with Crippen LogP contribution in [0.5, 0.6) is 0 Å². The van der Waals surface area contributed by atoms with Crippen LogP contribution in [0.3, 0.4) is 0 Å². The van der Waals surface area contributed by atoms with Crippen molar-refractivity contribution in [3.8, 4) is 0 Å². The van der Waals surface area contributed by atoms with E-state index in [1.165, 1.54) is 6.07 Å². The molecule has 0 aromatic heterocycles. The van der Waals surface area contributed by atoms with Crippen LogP contribution in [0.1, 0.15) is 56.7 Å². The van der Waals surface area contributed by atoms with Gasteiger partial charge >= 0.3 is 5.97 Å². The average Bonchev–Trinajstić information content (AvgIpc) is 2.54. The molecule has 1 aromatic carbocycles. The van der Waals surface area contributed by atoms with Gasteiger partial charge in [-0.15, -0.1) is 0 Å². The van der Waals surface area contributed by atoms with Gasteiger partial charge in [0.1, 0.15) is 5.82 Å². The number of halogens is 1. The van der Waals surface area contributed by atoms with Gasteiger partial charge in [0.2, 0.25) is 5.91 Å². The van der Waals surface area contributed by atoms with Crippen molar-refractivity contribution in [1.82, 2.24) is 4.90 Å². The Morgan fingerprint density at radius 3 is 2.62 bits per heavy atom. The van der Waals surface area contributed by atoms with Crippen LogP contribution in [-0.4, -0.2) is 27.9 Å². The van der Waals surface area contributed by atoms with Crippen LogP contribution in [-0.2, 0) is 16.0 Å². The first-order valence-corrected chi connectivity index (χ1v) is 8.71. The van der Waals surface area contributed by atoms with E-state index in [4.69, 9.17) is 0 Å². The zero-order valence-corrected chi connectivity index (χ0v) is 14.2. The van der Waals surface area contributed by atoms with Gasteiger partial charge in [-0.05, 0) is 62.8 Å². The number of carbonyl (C=O) groups excluding carboxylic acids is 1. The second-order valence-electron chi connectivity index (χ2n) is 7.22. The van der Waals surface area contributed by atoms with Crippen molar-refractivity contribution in [1.29, 1.82) is 0 Å². The molecule has 0 bridgehead atoms. The summed E-state index contributed by atoms with van der Waals surface area (Å²) in [5.41, 5.74) is 1.96. The van der Waals surface area contributed by atoms with Crippen molar-refractivity contribution in [2.24, 2.45) is 11.8 Å². The fraction of sp³-hybridized carbons (Fsp3) is 0.579. The molecule has 1 fully saturated rings. The van der Waals surface area contributed by atoms with E-state index < -0.39 is 11.9 Å². The molecule has 130 valence electrons. The molecule has 1 aliphatic heterocycles. The molecule has 4 nitrogen and oxygen atoms in total. The summed E-state index contributed by atoms with van der Waals surface area (Å²) in [7, 11) is 0. The van der Waals surface area contributed by atoms with Crippen molar-refractivity contribution >= 4 is 11.9 Å². The Morgan fingerprint density at radius 2 is 1.92 bits per heavy atom. The highest BCUT2D eigenvalue weighted by atomic mass is 19.1. The van der Waals surface area contributed by atoms with Crippen molar-refractivity contribution < 1.29 is 19.1 Å². The van der Waals surface area contributed by atoms with Crippen LogP contribution in [0.25, 0.3) is 0 Å². The maximum atomic E-state index is 13.5. The van der Waals surface area contributed by atoms with Gasteiger partial charge in [0.25, 0.3) is 0 Å². The van der Waals surface area contributed by atoms with Crippen LogP contribution >= 0.6 is 0 Å². The van der Waals surface area contributed by atoms with Crippen LogP contribution in [0.15, 0.2) is 18.2 Å². The molecule has 4 unspecified atom stereocenters. The normalized spacial score (nSPS) is 29.9. The third-order valence-electron chi connectivity index (χ3n) is 5.59.